The Morgan fingerprint density at radius 2 is 2.05 bits per heavy atom. The molecule has 0 N–H and O–H groups in total. The first kappa shape index (κ1) is 13.9. The average molecular weight is 261 g/mol. The van der Waals surface area contributed by atoms with Crippen LogP contribution in [0, 0.1) is 5.92 Å². The molecule has 0 aromatic heterocycles. The number of hydrogen-bond donors (Lipinski definition) is 0. The molecule has 1 aromatic rings. The molecule has 0 amide bonds. The molecule has 1 heterocycles. The zero-order chi connectivity index (χ0) is 14.0. The molecule has 0 saturated carbocycles. The summed E-state index contributed by atoms with van der Waals surface area (Å²) in [7, 11) is 1.62. The number of carbonyl (C=O) groups is 1. The maximum Gasteiger partial charge on any atom is 0.165 e. The van der Waals surface area contributed by atoms with Gasteiger partial charge in [-0.05, 0) is 44.7 Å². The van der Waals surface area contributed by atoms with Crippen LogP contribution in [0.2, 0.25) is 0 Å². The van der Waals surface area contributed by atoms with Crippen molar-refractivity contribution in [3.8, 4) is 5.75 Å². The van der Waals surface area contributed by atoms with Gasteiger partial charge in [-0.3, -0.25) is 4.79 Å². The van der Waals surface area contributed by atoms with Crippen LogP contribution in [0.4, 0.5) is 5.69 Å². The van der Waals surface area contributed by atoms with Gasteiger partial charge < -0.3 is 9.64 Å². The van der Waals surface area contributed by atoms with Crippen LogP contribution in [0.5, 0.6) is 5.75 Å². The van der Waals surface area contributed by atoms with E-state index in [-0.39, 0.29) is 5.78 Å². The highest BCUT2D eigenvalue weighted by Gasteiger charge is 2.27. The smallest absolute Gasteiger partial charge is 0.165 e. The number of hydrogen-bond acceptors (Lipinski definition) is 3. The molecule has 1 aliphatic rings. The van der Waals surface area contributed by atoms with E-state index in [1.54, 1.807) is 14.0 Å². The second-order valence-corrected chi connectivity index (χ2v) is 5.59. The molecule has 0 aliphatic carbocycles. The van der Waals surface area contributed by atoms with Gasteiger partial charge in [-0.1, -0.05) is 13.0 Å². The fourth-order valence-corrected chi connectivity index (χ4v) is 2.91. The number of benzene rings is 1. The van der Waals surface area contributed by atoms with Crippen molar-refractivity contribution < 1.29 is 9.53 Å². The maximum atomic E-state index is 12.0. The van der Waals surface area contributed by atoms with E-state index in [9.17, 15) is 4.79 Å². The molecule has 1 saturated heterocycles. The van der Waals surface area contributed by atoms with Crippen molar-refractivity contribution in [2.75, 3.05) is 18.6 Å². The molecule has 1 fully saturated rings. The van der Waals surface area contributed by atoms with Crippen LogP contribution >= 0.6 is 0 Å². The van der Waals surface area contributed by atoms with Gasteiger partial charge in [0.15, 0.2) is 5.78 Å². The summed E-state index contributed by atoms with van der Waals surface area (Å²) in [5.41, 5.74) is 1.73. The molecule has 2 unspecified atom stereocenters. The highest BCUT2D eigenvalue weighted by molar-refractivity contribution is 6.02. The Labute approximate surface area is 115 Å². The predicted octanol–water partition coefficient (Wildman–Crippen LogP) is 3.52. The van der Waals surface area contributed by atoms with Crippen molar-refractivity contribution in [2.45, 2.75) is 39.7 Å². The van der Waals surface area contributed by atoms with E-state index in [4.69, 9.17) is 4.74 Å². The van der Waals surface area contributed by atoms with E-state index in [2.05, 4.69) is 18.7 Å². The van der Waals surface area contributed by atoms with Crippen LogP contribution in [0.25, 0.3) is 0 Å². The van der Waals surface area contributed by atoms with E-state index in [1.807, 2.05) is 18.2 Å². The quantitative estimate of drug-likeness (QED) is 0.780. The number of Topliss-reactive ketones (excluding diaryl/α,β-unsaturated/α-hetero) is 1. The van der Waals surface area contributed by atoms with Crippen molar-refractivity contribution in [1.82, 2.24) is 0 Å². The number of rotatable bonds is 3. The van der Waals surface area contributed by atoms with Crippen molar-refractivity contribution in [1.29, 1.82) is 0 Å². The van der Waals surface area contributed by atoms with E-state index in [1.165, 1.54) is 12.8 Å². The molecule has 2 rings (SSSR count). The minimum Gasteiger partial charge on any atom is -0.496 e. The number of anilines is 1. The van der Waals surface area contributed by atoms with E-state index in [0.29, 0.717) is 23.3 Å². The summed E-state index contributed by atoms with van der Waals surface area (Å²) in [6, 6.07) is 6.33. The summed E-state index contributed by atoms with van der Waals surface area (Å²) < 4.78 is 5.35. The minimum absolute atomic E-state index is 0.0675. The number of ether oxygens (including phenoxy) is 1. The Kier molecular flexibility index (Phi) is 4.13. The first-order valence-corrected chi connectivity index (χ1v) is 6.99. The first-order chi connectivity index (χ1) is 9.04. The summed E-state index contributed by atoms with van der Waals surface area (Å²) in [6.45, 7) is 7.12. The summed E-state index contributed by atoms with van der Waals surface area (Å²) in [5, 5.41) is 0. The van der Waals surface area contributed by atoms with Gasteiger partial charge in [0, 0.05) is 12.6 Å². The largest absolute Gasteiger partial charge is 0.496 e. The molecule has 19 heavy (non-hydrogen) atoms. The third-order valence-electron chi connectivity index (χ3n) is 4.00. The third-order valence-corrected chi connectivity index (χ3v) is 4.00. The summed E-state index contributed by atoms with van der Waals surface area (Å²) >= 11 is 0. The highest BCUT2D eigenvalue weighted by atomic mass is 16.5. The predicted molar refractivity (Wildman–Crippen MR) is 78.2 cm³/mol. The number of carbonyl (C=O) groups excluding carboxylic acids is 1. The van der Waals surface area contributed by atoms with Crippen LogP contribution in [0.15, 0.2) is 18.2 Å². The summed E-state index contributed by atoms with van der Waals surface area (Å²) in [6.07, 6.45) is 2.44. The second kappa shape index (κ2) is 5.64. The molecule has 104 valence electrons. The van der Waals surface area contributed by atoms with Gasteiger partial charge in [0.05, 0.1) is 18.4 Å². The van der Waals surface area contributed by atoms with Crippen molar-refractivity contribution in [3.63, 3.8) is 0 Å². The van der Waals surface area contributed by atoms with Gasteiger partial charge in [-0.15, -0.1) is 0 Å². The normalized spacial score (nSPS) is 23.3. The zero-order valence-corrected chi connectivity index (χ0v) is 12.3. The lowest BCUT2D eigenvalue weighted by Crippen LogP contribution is -2.41. The molecule has 0 radical (unpaired) electrons. The van der Waals surface area contributed by atoms with Crippen molar-refractivity contribution in [3.05, 3.63) is 23.8 Å². The number of piperidine rings is 1. The second-order valence-electron chi connectivity index (χ2n) is 5.59. The van der Waals surface area contributed by atoms with Crippen LogP contribution in [0.3, 0.4) is 0 Å². The van der Waals surface area contributed by atoms with E-state index in [0.717, 1.165) is 12.2 Å². The topological polar surface area (TPSA) is 29.5 Å². The Morgan fingerprint density at radius 1 is 1.32 bits per heavy atom. The minimum atomic E-state index is 0.0675. The Hall–Kier alpha value is -1.51. The zero-order valence-electron chi connectivity index (χ0n) is 12.3. The summed E-state index contributed by atoms with van der Waals surface area (Å²) in [4.78, 5) is 14.3. The van der Waals surface area contributed by atoms with Gasteiger partial charge in [0.2, 0.25) is 0 Å². The molecular formula is C16H23NO2. The number of nitrogens with zero attached hydrogens (tertiary/aromatic N) is 1. The molecule has 3 nitrogen and oxygen atoms in total. The molecule has 1 aliphatic heterocycles. The Balaban J connectivity index is 2.46. The molecule has 0 bridgehead atoms. The maximum absolute atomic E-state index is 12.0. The van der Waals surface area contributed by atoms with Gasteiger partial charge >= 0.3 is 0 Å². The Bertz CT molecular complexity index is 470. The van der Waals surface area contributed by atoms with Crippen LogP contribution in [-0.4, -0.2) is 25.5 Å². The highest BCUT2D eigenvalue weighted by Crippen LogP contribution is 2.34. The summed E-state index contributed by atoms with van der Waals surface area (Å²) in [5.74, 6) is 1.41. The number of methoxy groups -OCH3 is 1. The lowest BCUT2D eigenvalue weighted by Gasteiger charge is -2.39. The molecule has 1 aromatic carbocycles. The third kappa shape index (κ3) is 2.75. The standard InChI is InChI=1S/C16H23NO2/c1-11-8-9-12(2)17(10-11)14-6-5-7-15(19-4)16(14)13(3)18/h5-7,11-12H,8-10H2,1-4H3. The molecule has 2 atom stereocenters. The molecule has 3 heteroatoms. The van der Waals surface area contributed by atoms with Gasteiger partial charge in [0.25, 0.3) is 0 Å². The SMILES string of the molecule is COc1cccc(N2CC(C)CCC2C)c1C(C)=O. The first-order valence-electron chi connectivity index (χ1n) is 6.99. The van der Waals surface area contributed by atoms with Gasteiger partial charge in [-0.25, -0.2) is 0 Å². The van der Waals surface area contributed by atoms with Crippen LogP contribution in [-0.2, 0) is 0 Å². The van der Waals surface area contributed by atoms with Gasteiger partial charge in [-0.2, -0.15) is 0 Å². The van der Waals surface area contributed by atoms with Crippen molar-refractivity contribution in [2.24, 2.45) is 5.92 Å². The lowest BCUT2D eigenvalue weighted by atomic mass is 9.93. The van der Waals surface area contributed by atoms with Crippen LogP contribution < -0.4 is 9.64 Å². The fraction of sp³-hybridized carbons (Fsp3) is 0.562. The Morgan fingerprint density at radius 3 is 2.68 bits per heavy atom. The average Bonchev–Trinajstić information content (AvgIpc) is 2.40. The fourth-order valence-electron chi connectivity index (χ4n) is 2.91. The van der Waals surface area contributed by atoms with E-state index >= 15 is 0 Å². The molecular weight excluding hydrogens is 238 g/mol. The van der Waals surface area contributed by atoms with Gasteiger partial charge in [0.1, 0.15) is 5.75 Å². The number of ketones is 1. The lowest BCUT2D eigenvalue weighted by molar-refractivity contribution is 0.101. The van der Waals surface area contributed by atoms with Crippen LogP contribution in [0.1, 0.15) is 44.0 Å². The van der Waals surface area contributed by atoms with Crippen molar-refractivity contribution >= 4 is 11.5 Å². The molecule has 0 spiro atoms. The van der Waals surface area contributed by atoms with E-state index < -0.39 is 0 Å². The monoisotopic (exact) mass is 261 g/mol.